The van der Waals surface area contributed by atoms with E-state index in [1.165, 1.54) is 64.7 Å². The predicted molar refractivity (Wildman–Crippen MR) is 155 cm³/mol. The minimum atomic E-state index is -0.864. The number of hydrogen-bond acceptors (Lipinski definition) is 5. The molecular formula is C30H52N4O4. The van der Waals surface area contributed by atoms with Gasteiger partial charge in [-0.05, 0) is 43.0 Å². The Morgan fingerprint density at radius 1 is 0.816 bits per heavy atom. The summed E-state index contributed by atoms with van der Waals surface area (Å²) in [5.41, 5.74) is 0.683. The van der Waals surface area contributed by atoms with Gasteiger partial charge in [0.1, 0.15) is 5.75 Å². The maximum absolute atomic E-state index is 12.4. The molecule has 1 aromatic rings. The average Bonchev–Trinajstić information content (AvgIpc) is 2.88. The highest BCUT2D eigenvalue weighted by Gasteiger charge is 2.19. The van der Waals surface area contributed by atoms with Gasteiger partial charge < -0.3 is 26.0 Å². The van der Waals surface area contributed by atoms with Gasteiger partial charge in [0.25, 0.3) is 5.91 Å². The number of carbonyl (C=O) groups is 3. The smallest absolute Gasteiger partial charge is 0.263 e. The van der Waals surface area contributed by atoms with Crippen molar-refractivity contribution in [2.24, 2.45) is 5.92 Å². The Morgan fingerprint density at radius 3 is 2.00 bits per heavy atom. The summed E-state index contributed by atoms with van der Waals surface area (Å²) in [6.45, 7) is 9.36. The summed E-state index contributed by atoms with van der Waals surface area (Å²) >= 11 is 0. The molecule has 1 atom stereocenters. The number of amides is 3. The van der Waals surface area contributed by atoms with E-state index in [-0.39, 0.29) is 17.7 Å². The zero-order chi connectivity index (χ0) is 28.0. The van der Waals surface area contributed by atoms with Crippen LogP contribution in [0, 0.1) is 5.92 Å². The summed E-state index contributed by atoms with van der Waals surface area (Å²) in [4.78, 5) is 36.0. The first kappa shape index (κ1) is 33.3. The lowest BCUT2D eigenvalue weighted by molar-refractivity contribution is -0.127. The van der Waals surface area contributed by atoms with E-state index >= 15 is 0 Å². The van der Waals surface area contributed by atoms with Gasteiger partial charge in [-0.2, -0.15) is 0 Å². The van der Waals surface area contributed by atoms with Crippen molar-refractivity contribution in [2.45, 2.75) is 111 Å². The molecule has 1 unspecified atom stereocenters. The van der Waals surface area contributed by atoms with Crippen LogP contribution >= 0.6 is 0 Å². The molecule has 0 spiro atoms. The second kappa shape index (κ2) is 21.2. The van der Waals surface area contributed by atoms with Crippen LogP contribution in [0.15, 0.2) is 24.3 Å². The van der Waals surface area contributed by atoms with Crippen LogP contribution in [0.5, 0.6) is 5.75 Å². The lowest BCUT2D eigenvalue weighted by Crippen LogP contribution is -2.51. The number of ether oxygens (including phenoxy) is 1. The van der Waals surface area contributed by atoms with Crippen molar-refractivity contribution in [3.8, 4) is 5.75 Å². The number of nitrogens with one attached hydrogen (secondary N) is 4. The van der Waals surface area contributed by atoms with Crippen LogP contribution in [0.25, 0.3) is 0 Å². The molecule has 0 fully saturated rings. The number of anilines is 1. The Bertz CT molecular complexity index is 783. The lowest BCUT2D eigenvalue weighted by Gasteiger charge is -2.21. The van der Waals surface area contributed by atoms with Crippen molar-refractivity contribution >= 4 is 23.4 Å². The van der Waals surface area contributed by atoms with Gasteiger partial charge in [0.15, 0.2) is 6.17 Å². The van der Waals surface area contributed by atoms with Gasteiger partial charge in [-0.25, -0.2) is 0 Å². The Hall–Kier alpha value is -2.77. The normalized spacial score (nSPS) is 11.6. The molecule has 3 amide bonds. The molecule has 4 N–H and O–H groups in total. The van der Waals surface area contributed by atoms with Gasteiger partial charge in [0.05, 0.1) is 6.61 Å². The van der Waals surface area contributed by atoms with Gasteiger partial charge >= 0.3 is 0 Å². The van der Waals surface area contributed by atoms with Crippen molar-refractivity contribution in [1.29, 1.82) is 0 Å². The van der Waals surface area contributed by atoms with Crippen LogP contribution in [0.4, 0.5) is 5.69 Å². The van der Waals surface area contributed by atoms with Gasteiger partial charge in [0.2, 0.25) is 11.8 Å². The number of hydrogen-bond donors (Lipinski definition) is 4. The van der Waals surface area contributed by atoms with E-state index < -0.39 is 6.17 Å². The van der Waals surface area contributed by atoms with E-state index in [4.69, 9.17) is 4.74 Å². The summed E-state index contributed by atoms with van der Waals surface area (Å²) in [5.74, 6) is 0.477. The zero-order valence-corrected chi connectivity index (χ0v) is 24.2. The van der Waals surface area contributed by atoms with Crippen LogP contribution in [-0.2, 0) is 14.4 Å². The molecule has 0 bridgehead atoms. The van der Waals surface area contributed by atoms with E-state index in [1.54, 1.807) is 24.3 Å². The Balaban J connectivity index is 2.18. The van der Waals surface area contributed by atoms with E-state index in [2.05, 4.69) is 28.2 Å². The predicted octanol–water partition coefficient (Wildman–Crippen LogP) is 5.53. The minimum absolute atomic E-state index is 0.0730. The fourth-order valence-electron chi connectivity index (χ4n) is 3.94. The molecule has 216 valence electrons. The van der Waals surface area contributed by atoms with Gasteiger partial charge in [0, 0.05) is 32.1 Å². The van der Waals surface area contributed by atoms with E-state index in [0.29, 0.717) is 43.3 Å². The maximum Gasteiger partial charge on any atom is 0.263 e. The molecule has 1 aromatic carbocycles. The third kappa shape index (κ3) is 17.6. The molecule has 0 saturated carbocycles. The molecule has 0 radical (unpaired) electrons. The van der Waals surface area contributed by atoms with Crippen LogP contribution in [0.1, 0.15) is 105 Å². The Labute approximate surface area is 230 Å². The van der Waals surface area contributed by atoms with Gasteiger partial charge in [-0.3, -0.25) is 14.4 Å². The van der Waals surface area contributed by atoms with Crippen LogP contribution in [-0.4, -0.2) is 43.6 Å². The number of benzene rings is 1. The minimum Gasteiger partial charge on any atom is -0.494 e. The highest BCUT2D eigenvalue weighted by Crippen LogP contribution is 2.17. The van der Waals surface area contributed by atoms with Crippen LogP contribution < -0.4 is 26.0 Å². The standard InChI is InChI=1S/C30H52N4O4/c1-5-6-7-8-9-10-11-12-13-14-21-31-28(36)16-15-22-38-27-19-17-26(18-20-27)34-29(33-25(4)35)30(37)32-23-24(2)3/h17-20,24,29,34H,5-16,21-23H2,1-4H3,(H,31,36)(H,32,37)(H,33,35). The van der Waals surface area contributed by atoms with E-state index in [1.807, 2.05) is 13.8 Å². The first-order valence-electron chi connectivity index (χ1n) is 14.6. The summed E-state index contributed by atoms with van der Waals surface area (Å²) in [5, 5.41) is 11.5. The summed E-state index contributed by atoms with van der Waals surface area (Å²) < 4.78 is 5.75. The topological polar surface area (TPSA) is 109 Å². The number of carbonyl (C=O) groups excluding carboxylic acids is 3. The van der Waals surface area contributed by atoms with Crippen molar-refractivity contribution < 1.29 is 19.1 Å². The van der Waals surface area contributed by atoms with Crippen molar-refractivity contribution in [1.82, 2.24) is 16.0 Å². The lowest BCUT2D eigenvalue weighted by atomic mass is 10.1. The SMILES string of the molecule is CCCCCCCCCCCCNC(=O)CCCOc1ccc(NC(NC(C)=O)C(=O)NCC(C)C)cc1. The highest BCUT2D eigenvalue weighted by atomic mass is 16.5. The molecule has 0 aliphatic heterocycles. The van der Waals surface area contributed by atoms with E-state index in [0.717, 1.165) is 13.0 Å². The number of unbranched alkanes of at least 4 members (excludes halogenated alkanes) is 9. The van der Waals surface area contributed by atoms with Crippen molar-refractivity contribution in [3.05, 3.63) is 24.3 Å². The summed E-state index contributed by atoms with van der Waals surface area (Å²) in [7, 11) is 0. The molecule has 8 nitrogen and oxygen atoms in total. The third-order valence-corrected chi connectivity index (χ3v) is 6.13. The molecule has 0 aliphatic rings. The monoisotopic (exact) mass is 532 g/mol. The highest BCUT2D eigenvalue weighted by molar-refractivity contribution is 5.88. The van der Waals surface area contributed by atoms with Crippen molar-refractivity contribution in [3.63, 3.8) is 0 Å². The molecule has 1 rings (SSSR count). The number of rotatable bonds is 22. The first-order chi connectivity index (χ1) is 18.3. The van der Waals surface area contributed by atoms with E-state index in [9.17, 15) is 14.4 Å². The molecular weight excluding hydrogens is 480 g/mol. The molecule has 0 saturated heterocycles. The summed E-state index contributed by atoms with van der Waals surface area (Å²) in [6.07, 6.45) is 13.1. The largest absolute Gasteiger partial charge is 0.494 e. The van der Waals surface area contributed by atoms with Crippen molar-refractivity contribution in [2.75, 3.05) is 25.0 Å². The molecule has 38 heavy (non-hydrogen) atoms. The average molecular weight is 533 g/mol. The second-order valence-electron chi connectivity index (χ2n) is 10.4. The summed E-state index contributed by atoms with van der Waals surface area (Å²) in [6, 6.07) is 7.17. The third-order valence-electron chi connectivity index (χ3n) is 6.13. The maximum atomic E-state index is 12.4. The quantitative estimate of drug-likeness (QED) is 0.116. The van der Waals surface area contributed by atoms with Gasteiger partial charge in [-0.15, -0.1) is 0 Å². The Kier molecular flexibility index (Phi) is 18.5. The molecule has 0 aromatic heterocycles. The molecule has 8 heteroatoms. The fraction of sp³-hybridized carbons (Fsp3) is 0.700. The molecule has 0 aliphatic carbocycles. The first-order valence-corrected chi connectivity index (χ1v) is 14.6. The van der Waals surface area contributed by atoms with Crippen LogP contribution in [0.3, 0.4) is 0 Å². The second-order valence-corrected chi connectivity index (χ2v) is 10.4. The fourth-order valence-corrected chi connectivity index (χ4v) is 3.94. The zero-order valence-electron chi connectivity index (χ0n) is 24.2. The molecule has 0 heterocycles. The van der Waals surface area contributed by atoms with Gasteiger partial charge in [-0.1, -0.05) is 78.6 Å². The Morgan fingerprint density at radius 2 is 1.42 bits per heavy atom. The van der Waals surface area contributed by atoms with Crippen LogP contribution in [0.2, 0.25) is 0 Å².